The molecule has 0 saturated heterocycles. The molecule has 128 valence electrons. The lowest BCUT2D eigenvalue weighted by Gasteiger charge is -2.22. The maximum atomic E-state index is 12.8. The first-order valence-corrected chi connectivity index (χ1v) is 6.40. The zero-order valence-electron chi connectivity index (χ0n) is 12.1. The first-order valence-electron chi connectivity index (χ1n) is 6.40. The Bertz CT molecular complexity index is 677. The first kappa shape index (κ1) is 18.9. The van der Waals surface area contributed by atoms with Crippen LogP contribution in [0.2, 0.25) is 0 Å². The summed E-state index contributed by atoms with van der Waals surface area (Å²) in [5.41, 5.74) is -4.20. The second-order valence-electron chi connectivity index (χ2n) is 4.52. The van der Waals surface area contributed by atoms with Gasteiger partial charge in [0, 0.05) is 25.2 Å². The van der Waals surface area contributed by atoms with Crippen LogP contribution in [0.4, 0.5) is 30.2 Å². The lowest BCUT2D eigenvalue weighted by molar-refractivity contribution is -0.393. The lowest BCUT2D eigenvalue weighted by Crippen LogP contribution is -2.26. The molecule has 0 spiro atoms. The van der Waals surface area contributed by atoms with Crippen molar-refractivity contribution in [3.63, 3.8) is 0 Å². The Kier molecular flexibility index (Phi) is 5.83. The van der Waals surface area contributed by atoms with E-state index in [1.165, 1.54) is 6.08 Å². The molecule has 0 amide bonds. The van der Waals surface area contributed by atoms with Gasteiger partial charge in [0.05, 0.1) is 27.9 Å². The monoisotopic (exact) mass is 344 g/mol. The number of hydrogen-bond donors (Lipinski definition) is 0. The molecule has 8 nitrogen and oxygen atoms in total. The van der Waals surface area contributed by atoms with Gasteiger partial charge in [-0.3, -0.25) is 20.2 Å². The molecule has 1 aromatic carbocycles. The third-order valence-corrected chi connectivity index (χ3v) is 2.95. The van der Waals surface area contributed by atoms with Crippen molar-refractivity contribution in [1.29, 1.82) is 5.26 Å². The van der Waals surface area contributed by atoms with Crippen molar-refractivity contribution >= 4 is 17.1 Å². The van der Waals surface area contributed by atoms with E-state index in [-0.39, 0.29) is 31.6 Å². The number of alkyl halides is 3. The normalized spacial score (nSPS) is 10.8. The summed E-state index contributed by atoms with van der Waals surface area (Å²) in [4.78, 5) is 21.1. The van der Waals surface area contributed by atoms with E-state index < -0.39 is 38.6 Å². The minimum Gasteiger partial charge on any atom is -0.356 e. The average Bonchev–Trinajstić information content (AvgIpc) is 2.49. The van der Waals surface area contributed by atoms with Gasteiger partial charge in [0.1, 0.15) is 0 Å². The molecule has 1 rings (SSSR count). The SMILES string of the molecule is C=CCN(CCC#N)c1c([N+](=O)[O-])cc(C(F)(F)F)cc1[N+](=O)[O-]. The van der Waals surface area contributed by atoms with Crippen LogP contribution in [0.3, 0.4) is 0 Å². The number of nitro benzene ring substituents is 2. The van der Waals surface area contributed by atoms with E-state index in [0.717, 1.165) is 4.90 Å². The van der Waals surface area contributed by atoms with Gasteiger partial charge in [-0.05, 0) is 0 Å². The number of halogens is 3. The second kappa shape index (κ2) is 7.40. The van der Waals surface area contributed by atoms with Crippen LogP contribution in [-0.2, 0) is 6.18 Å². The minimum atomic E-state index is -4.98. The van der Waals surface area contributed by atoms with Crippen molar-refractivity contribution in [2.75, 3.05) is 18.0 Å². The largest absolute Gasteiger partial charge is 0.416 e. The molecule has 0 saturated carbocycles. The van der Waals surface area contributed by atoms with Crippen LogP contribution in [0.1, 0.15) is 12.0 Å². The molecule has 0 aliphatic rings. The number of anilines is 1. The van der Waals surface area contributed by atoms with Crippen molar-refractivity contribution in [3.05, 3.63) is 50.6 Å². The van der Waals surface area contributed by atoms with Crippen LogP contribution in [0.25, 0.3) is 0 Å². The standard InChI is InChI=1S/C13H11F3N4O4/c1-2-5-18(6-3-4-17)12-10(19(21)22)7-9(13(14,15)16)8-11(12)20(23)24/h2,7-8H,1,3,5-6H2. The van der Waals surface area contributed by atoms with E-state index in [1.54, 1.807) is 6.07 Å². The van der Waals surface area contributed by atoms with Crippen LogP contribution in [0, 0.1) is 31.6 Å². The Morgan fingerprint density at radius 3 is 2.08 bits per heavy atom. The zero-order chi connectivity index (χ0) is 18.5. The predicted molar refractivity (Wildman–Crippen MR) is 77.4 cm³/mol. The summed E-state index contributed by atoms with van der Waals surface area (Å²) >= 11 is 0. The van der Waals surface area contributed by atoms with Gasteiger partial charge in [0.2, 0.25) is 0 Å². The van der Waals surface area contributed by atoms with Crippen molar-refractivity contribution in [1.82, 2.24) is 0 Å². The fourth-order valence-electron chi connectivity index (χ4n) is 2.01. The van der Waals surface area contributed by atoms with Crippen LogP contribution in [0.15, 0.2) is 24.8 Å². The number of nitro groups is 2. The smallest absolute Gasteiger partial charge is 0.356 e. The van der Waals surface area contributed by atoms with E-state index >= 15 is 0 Å². The van der Waals surface area contributed by atoms with Crippen molar-refractivity contribution in [2.24, 2.45) is 0 Å². The first-order chi connectivity index (χ1) is 11.1. The maximum absolute atomic E-state index is 12.8. The minimum absolute atomic E-state index is 0.116. The number of rotatable bonds is 7. The Labute approximate surface area is 133 Å². The molecule has 0 heterocycles. The summed E-state index contributed by atoms with van der Waals surface area (Å²) in [6.45, 7) is 3.14. The molecule has 0 bridgehead atoms. The van der Waals surface area contributed by atoms with E-state index in [9.17, 15) is 33.4 Å². The van der Waals surface area contributed by atoms with Gasteiger partial charge in [-0.2, -0.15) is 18.4 Å². The fraction of sp³-hybridized carbons (Fsp3) is 0.308. The Morgan fingerprint density at radius 1 is 1.25 bits per heavy atom. The van der Waals surface area contributed by atoms with E-state index in [4.69, 9.17) is 5.26 Å². The number of hydrogen-bond acceptors (Lipinski definition) is 6. The highest BCUT2D eigenvalue weighted by atomic mass is 19.4. The zero-order valence-corrected chi connectivity index (χ0v) is 12.1. The van der Waals surface area contributed by atoms with Gasteiger partial charge in [-0.15, -0.1) is 6.58 Å². The molecule has 0 aliphatic carbocycles. The highest BCUT2D eigenvalue weighted by Gasteiger charge is 2.39. The summed E-state index contributed by atoms with van der Waals surface area (Å²) in [7, 11) is 0. The topological polar surface area (TPSA) is 113 Å². The van der Waals surface area contributed by atoms with E-state index in [0.29, 0.717) is 0 Å². The fourth-order valence-corrected chi connectivity index (χ4v) is 2.01. The molecule has 11 heteroatoms. The molecule has 0 aliphatic heterocycles. The molecule has 0 aromatic heterocycles. The molecule has 0 unspecified atom stereocenters. The van der Waals surface area contributed by atoms with E-state index in [1.807, 2.05) is 0 Å². The summed E-state index contributed by atoms with van der Waals surface area (Å²) in [6.07, 6.45) is -3.85. The van der Waals surface area contributed by atoms with Gasteiger partial charge in [0.15, 0.2) is 5.69 Å². The maximum Gasteiger partial charge on any atom is 0.416 e. The van der Waals surface area contributed by atoms with Gasteiger partial charge in [-0.25, -0.2) is 0 Å². The third kappa shape index (κ3) is 4.19. The van der Waals surface area contributed by atoms with Crippen LogP contribution in [-0.4, -0.2) is 22.9 Å². The molecule has 24 heavy (non-hydrogen) atoms. The highest BCUT2D eigenvalue weighted by Crippen LogP contribution is 2.43. The molecule has 0 radical (unpaired) electrons. The van der Waals surface area contributed by atoms with Gasteiger partial charge in [-0.1, -0.05) is 6.08 Å². The molecule has 1 aromatic rings. The van der Waals surface area contributed by atoms with Crippen molar-refractivity contribution < 1.29 is 23.0 Å². The average molecular weight is 344 g/mol. The van der Waals surface area contributed by atoms with Crippen LogP contribution in [0.5, 0.6) is 0 Å². The molecular formula is C13H11F3N4O4. The molecule has 0 fully saturated rings. The number of benzene rings is 1. The Morgan fingerprint density at radius 2 is 1.75 bits per heavy atom. The van der Waals surface area contributed by atoms with Crippen LogP contribution >= 0.6 is 0 Å². The Hall–Kier alpha value is -3.16. The quantitative estimate of drug-likeness (QED) is 0.425. The van der Waals surface area contributed by atoms with Gasteiger partial charge >= 0.3 is 6.18 Å². The third-order valence-electron chi connectivity index (χ3n) is 2.95. The lowest BCUT2D eigenvalue weighted by atomic mass is 10.1. The molecule has 0 N–H and O–H groups in total. The summed E-state index contributed by atoms with van der Waals surface area (Å²) in [6, 6.07) is 2.25. The van der Waals surface area contributed by atoms with Crippen molar-refractivity contribution in [3.8, 4) is 6.07 Å². The number of nitriles is 1. The molecule has 0 atom stereocenters. The summed E-state index contributed by atoms with van der Waals surface area (Å²) in [5.74, 6) is 0. The van der Waals surface area contributed by atoms with E-state index in [2.05, 4.69) is 6.58 Å². The predicted octanol–water partition coefficient (Wildman–Crippen LogP) is 3.43. The number of nitrogens with zero attached hydrogens (tertiary/aromatic N) is 4. The van der Waals surface area contributed by atoms with Gasteiger partial charge < -0.3 is 4.90 Å². The summed E-state index contributed by atoms with van der Waals surface area (Å²) < 4.78 is 38.5. The molecular weight excluding hydrogens is 333 g/mol. The van der Waals surface area contributed by atoms with Gasteiger partial charge in [0.25, 0.3) is 11.4 Å². The second-order valence-corrected chi connectivity index (χ2v) is 4.52. The summed E-state index contributed by atoms with van der Waals surface area (Å²) in [5, 5.41) is 30.9. The van der Waals surface area contributed by atoms with Crippen LogP contribution < -0.4 is 4.90 Å². The highest BCUT2D eigenvalue weighted by molar-refractivity contribution is 5.76. The van der Waals surface area contributed by atoms with Crippen molar-refractivity contribution in [2.45, 2.75) is 12.6 Å². The Balaban J connectivity index is 3.71.